The molecule has 0 unspecified atom stereocenters. The Labute approximate surface area is 208 Å². The summed E-state index contributed by atoms with van der Waals surface area (Å²) >= 11 is 0. The summed E-state index contributed by atoms with van der Waals surface area (Å²) < 4.78 is 91.4. The first kappa shape index (κ1) is 28.1. The van der Waals surface area contributed by atoms with Crippen LogP contribution in [0.4, 0.5) is 30.7 Å². The van der Waals surface area contributed by atoms with Crippen LogP contribution >= 0.6 is 0 Å². The van der Waals surface area contributed by atoms with E-state index < -0.39 is 47.4 Å². The van der Waals surface area contributed by atoms with E-state index in [9.17, 15) is 35.5 Å². The molecule has 2 aromatic carbocycles. The Morgan fingerprint density at radius 2 is 1.57 bits per heavy atom. The zero-order valence-electron chi connectivity index (χ0n) is 19.8. The summed E-state index contributed by atoms with van der Waals surface area (Å²) in [6.07, 6.45) is -7.48. The van der Waals surface area contributed by atoms with Gasteiger partial charge in [0.2, 0.25) is 5.91 Å². The Kier molecular flexibility index (Phi) is 8.57. The van der Waals surface area contributed by atoms with Crippen molar-refractivity contribution in [3.63, 3.8) is 0 Å². The fourth-order valence-electron chi connectivity index (χ4n) is 3.82. The number of carbonyl (C=O) groups excluding carboxylic acids is 1. The molecule has 0 fully saturated rings. The van der Waals surface area contributed by atoms with Crippen LogP contribution in [0.25, 0.3) is 0 Å². The van der Waals surface area contributed by atoms with Gasteiger partial charge in [0.25, 0.3) is 0 Å². The van der Waals surface area contributed by atoms with Gasteiger partial charge in [-0.3, -0.25) is 15.1 Å². The molecule has 0 aliphatic carbocycles. The maximum absolute atomic E-state index is 13.9. The number of carbonyl (C=O) groups is 1. The molecule has 1 aromatic heterocycles. The summed E-state index contributed by atoms with van der Waals surface area (Å²) in [5, 5.41) is 5.61. The normalized spacial score (nSPS) is 13.8. The number of rotatable bonds is 8. The van der Waals surface area contributed by atoms with Crippen LogP contribution in [0.15, 0.2) is 60.8 Å². The van der Waals surface area contributed by atoms with Gasteiger partial charge in [0.1, 0.15) is 17.6 Å². The Morgan fingerprint density at radius 3 is 2.08 bits per heavy atom. The van der Waals surface area contributed by atoms with Gasteiger partial charge >= 0.3 is 12.4 Å². The fourth-order valence-corrected chi connectivity index (χ4v) is 3.82. The van der Waals surface area contributed by atoms with Crippen molar-refractivity contribution < 1.29 is 35.5 Å². The lowest BCUT2D eigenvalue weighted by Gasteiger charge is -2.26. The largest absolute Gasteiger partial charge is 0.433 e. The molecule has 37 heavy (non-hydrogen) atoms. The zero-order valence-corrected chi connectivity index (χ0v) is 19.8. The van der Waals surface area contributed by atoms with E-state index in [1.807, 2.05) is 0 Å². The average Bonchev–Trinajstić information content (AvgIpc) is 2.85. The number of amides is 1. The molecule has 3 aromatic rings. The number of hydrogen-bond acceptors (Lipinski definition) is 3. The molecule has 2 atom stereocenters. The standard InChI is InChI=1S/C26H24F7N3O/c1-15-13-18(7-10-20(15)27)21(11-3-16-4-12-22(35-14-16)26(31,32)33)36-23(24(37)34-2)17-5-8-19(9-6-17)25(28,29)30/h4-10,12-14,21,23,36H,3,11H2,1-2H3,(H,34,37)/t21-,23-/m1/s1. The third kappa shape index (κ3) is 7.28. The number of pyridine rings is 1. The first-order valence-corrected chi connectivity index (χ1v) is 11.2. The zero-order chi connectivity index (χ0) is 27.4. The molecule has 0 radical (unpaired) electrons. The maximum Gasteiger partial charge on any atom is 0.433 e. The fraction of sp³-hybridized carbons (Fsp3) is 0.308. The number of aromatic nitrogens is 1. The second kappa shape index (κ2) is 11.3. The van der Waals surface area contributed by atoms with Crippen molar-refractivity contribution >= 4 is 5.91 Å². The molecule has 11 heteroatoms. The van der Waals surface area contributed by atoms with E-state index in [-0.39, 0.29) is 18.4 Å². The van der Waals surface area contributed by atoms with Gasteiger partial charge in [-0.25, -0.2) is 4.39 Å². The van der Waals surface area contributed by atoms with Gasteiger partial charge in [0, 0.05) is 19.3 Å². The van der Waals surface area contributed by atoms with Crippen molar-refractivity contribution in [3.8, 4) is 0 Å². The summed E-state index contributed by atoms with van der Waals surface area (Å²) in [5.41, 5.74) is -0.183. The number of aryl methyl sites for hydroxylation is 2. The van der Waals surface area contributed by atoms with Crippen molar-refractivity contribution in [3.05, 3.63) is 100 Å². The van der Waals surface area contributed by atoms with Crippen LogP contribution in [0, 0.1) is 12.7 Å². The smallest absolute Gasteiger partial charge is 0.358 e. The van der Waals surface area contributed by atoms with E-state index >= 15 is 0 Å². The minimum atomic E-state index is -4.57. The Hall–Kier alpha value is -3.47. The Morgan fingerprint density at radius 1 is 0.919 bits per heavy atom. The first-order chi connectivity index (χ1) is 17.3. The monoisotopic (exact) mass is 527 g/mol. The van der Waals surface area contributed by atoms with Crippen molar-refractivity contribution in [1.29, 1.82) is 0 Å². The minimum absolute atomic E-state index is 0.257. The molecule has 0 saturated carbocycles. The number of hydrogen-bond donors (Lipinski definition) is 2. The predicted molar refractivity (Wildman–Crippen MR) is 123 cm³/mol. The van der Waals surface area contributed by atoms with Crippen LogP contribution in [0.2, 0.25) is 0 Å². The second-order valence-electron chi connectivity index (χ2n) is 8.48. The van der Waals surface area contributed by atoms with Crippen LogP contribution in [0.5, 0.6) is 0 Å². The number of benzene rings is 2. The molecular weight excluding hydrogens is 503 g/mol. The van der Waals surface area contributed by atoms with Gasteiger partial charge in [0.05, 0.1) is 5.56 Å². The van der Waals surface area contributed by atoms with E-state index in [0.29, 0.717) is 16.7 Å². The van der Waals surface area contributed by atoms with Crippen molar-refractivity contribution in [2.75, 3.05) is 7.05 Å². The number of alkyl halides is 6. The molecule has 0 spiro atoms. The highest BCUT2D eigenvalue weighted by Crippen LogP contribution is 2.32. The molecule has 3 rings (SSSR count). The van der Waals surface area contributed by atoms with Crippen LogP contribution in [-0.2, 0) is 23.6 Å². The van der Waals surface area contributed by atoms with Gasteiger partial charge < -0.3 is 5.32 Å². The Bertz CT molecular complexity index is 1210. The summed E-state index contributed by atoms with van der Waals surface area (Å²) in [6, 6.07) is 8.99. The lowest BCUT2D eigenvalue weighted by Crippen LogP contribution is -2.38. The number of nitrogens with one attached hydrogen (secondary N) is 2. The summed E-state index contributed by atoms with van der Waals surface area (Å²) in [5.74, 6) is -0.959. The second-order valence-corrected chi connectivity index (χ2v) is 8.48. The lowest BCUT2D eigenvalue weighted by molar-refractivity contribution is -0.141. The molecule has 0 aliphatic heterocycles. The maximum atomic E-state index is 13.9. The van der Waals surface area contributed by atoms with Gasteiger partial charge in [-0.2, -0.15) is 26.3 Å². The summed E-state index contributed by atoms with van der Waals surface area (Å²) in [6.45, 7) is 1.56. The summed E-state index contributed by atoms with van der Waals surface area (Å²) in [4.78, 5) is 16.2. The molecule has 0 bridgehead atoms. The molecule has 2 N–H and O–H groups in total. The predicted octanol–water partition coefficient (Wildman–Crippen LogP) is 6.32. The van der Waals surface area contributed by atoms with E-state index in [4.69, 9.17) is 0 Å². The van der Waals surface area contributed by atoms with E-state index in [0.717, 1.165) is 24.4 Å². The quantitative estimate of drug-likeness (QED) is 0.337. The van der Waals surface area contributed by atoms with Gasteiger partial charge in [-0.05, 0) is 66.3 Å². The number of likely N-dealkylation sites (N-methyl/N-ethyl adjacent to an activating group) is 1. The molecule has 1 heterocycles. The molecule has 0 aliphatic rings. The van der Waals surface area contributed by atoms with E-state index in [1.54, 1.807) is 13.0 Å². The SMILES string of the molecule is CNC(=O)[C@H](N[C@H](CCc1ccc(C(F)(F)F)nc1)c1ccc(F)c(C)c1)c1ccc(C(F)(F)F)cc1. The van der Waals surface area contributed by atoms with E-state index in [1.165, 1.54) is 37.4 Å². The van der Waals surface area contributed by atoms with Crippen LogP contribution in [0.3, 0.4) is 0 Å². The average molecular weight is 527 g/mol. The highest BCUT2D eigenvalue weighted by atomic mass is 19.4. The number of nitrogens with zero attached hydrogens (tertiary/aromatic N) is 1. The summed E-state index contributed by atoms with van der Waals surface area (Å²) in [7, 11) is 1.38. The number of halogens is 7. The van der Waals surface area contributed by atoms with Crippen LogP contribution in [0.1, 0.15) is 52.0 Å². The first-order valence-electron chi connectivity index (χ1n) is 11.2. The molecule has 4 nitrogen and oxygen atoms in total. The molecule has 198 valence electrons. The molecular formula is C26H24F7N3O. The molecule has 0 saturated heterocycles. The van der Waals surface area contributed by atoms with Crippen LogP contribution in [-0.4, -0.2) is 17.9 Å². The highest BCUT2D eigenvalue weighted by molar-refractivity contribution is 5.83. The minimum Gasteiger partial charge on any atom is -0.358 e. The van der Waals surface area contributed by atoms with Crippen LogP contribution < -0.4 is 10.6 Å². The van der Waals surface area contributed by atoms with Crippen molar-refractivity contribution in [2.45, 2.75) is 44.2 Å². The van der Waals surface area contributed by atoms with E-state index in [2.05, 4.69) is 15.6 Å². The lowest BCUT2D eigenvalue weighted by atomic mass is 9.95. The highest BCUT2D eigenvalue weighted by Gasteiger charge is 2.33. The van der Waals surface area contributed by atoms with Crippen molar-refractivity contribution in [1.82, 2.24) is 15.6 Å². The third-order valence-electron chi connectivity index (χ3n) is 5.87. The van der Waals surface area contributed by atoms with Gasteiger partial charge in [-0.15, -0.1) is 0 Å². The van der Waals surface area contributed by atoms with Gasteiger partial charge in [0.15, 0.2) is 0 Å². The van der Waals surface area contributed by atoms with Crippen molar-refractivity contribution in [2.24, 2.45) is 0 Å². The molecule has 1 amide bonds. The Balaban J connectivity index is 1.90. The third-order valence-corrected chi connectivity index (χ3v) is 5.87. The topological polar surface area (TPSA) is 54.0 Å². The van der Waals surface area contributed by atoms with Gasteiger partial charge in [-0.1, -0.05) is 30.3 Å².